The van der Waals surface area contributed by atoms with Gasteiger partial charge in [0.05, 0.1) is 6.04 Å². The van der Waals surface area contributed by atoms with Crippen molar-refractivity contribution in [3.8, 4) is 0 Å². The van der Waals surface area contributed by atoms with Gasteiger partial charge < -0.3 is 10.2 Å². The van der Waals surface area contributed by atoms with Crippen LogP contribution >= 0.6 is 12.4 Å². The maximum Gasteiger partial charge on any atom is 0.434 e. The Bertz CT molecular complexity index is 241. The highest BCUT2D eigenvalue weighted by molar-refractivity contribution is 5.85. The zero-order valence-electron chi connectivity index (χ0n) is 5.33. The van der Waals surface area contributed by atoms with Crippen LogP contribution < -0.4 is 11.5 Å². The molecule has 1 unspecified atom stereocenters. The van der Waals surface area contributed by atoms with Crippen molar-refractivity contribution in [1.82, 2.24) is 10.2 Å². The average Bonchev–Trinajstić information content (AvgIpc) is 2.14. The second-order valence-electron chi connectivity index (χ2n) is 1.74. The summed E-state index contributed by atoms with van der Waals surface area (Å²) in [7, 11) is 0. The molecule has 0 spiro atoms. The Kier molecular flexibility index (Phi) is 3.11. The number of aromatic nitrogens is 2. The van der Waals surface area contributed by atoms with Crippen molar-refractivity contribution in [2.75, 3.05) is 0 Å². The summed E-state index contributed by atoms with van der Waals surface area (Å²) in [5.41, 5.74) is 5.31. The zero-order chi connectivity index (χ0) is 6.85. The Morgan fingerprint density at radius 2 is 2.40 bits per heavy atom. The van der Waals surface area contributed by atoms with Gasteiger partial charge in [-0.2, -0.15) is 0 Å². The van der Waals surface area contributed by atoms with E-state index in [0.29, 0.717) is 0 Å². The summed E-state index contributed by atoms with van der Waals surface area (Å²) in [6, 6.07) is -0.330. The summed E-state index contributed by atoms with van der Waals surface area (Å²) in [5.74, 6) is -0.331. The molecule has 0 aliphatic carbocycles. The van der Waals surface area contributed by atoms with Crippen LogP contribution in [0.2, 0.25) is 0 Å². The first-order valence-electron chi connectivity index (χ1n) is 2.51. The van der Waals surface area contributed by atoms with Crippen molar-refractivity contribution < 1.29 is 4.42 Å². The number of hydrogen-bond acceptors (Lipinski definition) is 4. The van der Waals surface area contributed by atoms with Crippen LogP contribution in [0.4, 0.5) is 0 Å². The lowest BCUT2D eigenvalue weighted by molar-refractivity contribution is 0.437. The van der Waals surface area contributed by atoms with Crippen LogP contribution in [0.1, 0.15) is 18.9 Å². The summed E-state index contributed by atoms with van der Waals surface area (Å²) < 4.78 is 4.50. The van der Waals surface area contributed by atoms with E-state index in [1.807, 2.05) is 0 Å². The van der Waals surface area contributed by atoms with Crippen molar-refractivity contribution in [2.45, 2.75) is 13.0 Å². The normalized spacial score (nSPS) is 12.2. The fourth-order valence-corrected chi connectivity index (χ4v) is 0.436. The molecule has 1 heterocycles. The lowest BCUT2D eigenvalue weighted by Crippen LogP contribution is -2.05. The van der Waals surface area contributed by atoms with E-state index in [-0.39, 0.29) is 24.3 Å². The first-order chi connectivity index (χ1) is 4.20. The van der Waals surface area contributed by atoms with Crippen molar-refractivity contribution in [3.63, 3.8) is 0 Å². The van der Waals surface area contributed by atoms with E-state index < -0.39 is 5.76 Å². The molecule has 0 saturated heterocycles. The number of nitrogens with two attached hydrogens (primary N) is 1. The third-order valence-corrected chi connectivity index (χ3v) is 0.844. The summed E-state index contributed by atoms with van der Waals surface area (Å²) in [5, 5.41) is 5.58. The molecule has 0 amide bonds. The molecule has 1 aromatic rings. The summed E-state index contributed by atoms with van der Waals surface area (Å²) in [4.78, 5) is 10.3. The maximum atomic E-state index is 10.3. The van der Waals surface area contributed by atoms with Crippen LogP contribution in [0, 0.1) is 0 Å². The SMILES string of the molecule is CC(N)c1n[nH]c(=O)o1.Cl. The van der Waals surface area contributed by atoms with Gasteiger partial charge in [-0.3, -0.25) is 0 Å². The van der Waals surface area contributed by atoms with Gasteiger partial charge in [0.2, 0.25) is 5.89 Å². The number of H-pyrrole nitrogens is 1. The van der Waals surface area contributed by atoms with Gasteiger partial charge in [-0.25, -0.2) is 9.89 Å². The molecular formula is C4H8ClN3O2. The molecule has 0 aliphatic rings. The molecule has 0 bridgehead atoms. The second-order valence-corrected chi connectivity index (χ2v) is 1.74. The Morgan fingerprint density at radius 3 is 2.60 bits per heavy atom. The molecule has 3 N–H and O–H groups in total. The van der Waals surface area contributed by atoms with Gasteiger partial charge in [-0.1, -0.05) is 0 Å². The van der Waals surface area contributed by atoms with E-state index in [2.05, 4.69) is 14.6 Å². The van der Waals surface area contributed by atoms with E-state index in [9.17, 15) is 4.79 Å². The van der Waals surface area contributed by atoms with Crippen molar-refractivity contribution in [1.29, 1.82) is 0 Å². The molecule has 0 radical (unpaired) electrons. The first kappa shape index (κ1) is 9.19. The molecule has 10 heavy (non-hydrogen) atoms. The quantitative estimate of drug-likeness (QED) is 0.604. The number of nitrogens with one attached hydrogen (secondary N) is 1. The number of aromatic amines is 1. The van der Waals surface area contributed by atoms with Crippen LogP contribution in [-0.2, 0) is 0 Å². The third-order valence-electron chi connectivity index (χ3n) is 0.844. The van der Waals surface area contributed by atoms with Crippen LogP contribution in [0.3, 0.4) is 0 Å². The van der Waals surface area contributed by atoms with Crippen molar-refractivity contribution >= 4 is 12.4 Å². The van der Waals surface area contributed by atoms with Gasteiger partial charge in [0, 0.05) is 0 Å². The van der Waals surface area contributed by atoms with E-state index in [1.165, 1.54) is 0 Å². The monoisotopic (exact) mass is 165 g/mol. The fourth-order valence-electron chi connectivity index (χ4n) is 0.436. The molecule has 6 heteroatoms. The summed E-state index contributed by atoms with van der Waals surface area (Å²) >= 11 is 0. The van der Waals surface area contributed by atoms with Crippen LogP contribution in [-0.4, -0.2) is 10.2 Å². The molecule has 0 saturated carbocycles. The molecule has 1 rings (SSSR count). The maximum absolute atomic E-state index is 10.3. The third kappa shape index (κ3) is 1.85. The molecule has 0 aliphatic heterocycles. The highest BCUT2D eigenvalue weighted by Gasteiger charge is 2.04. The number of halogens is 1. The van der Waals surface area contributed by atoms with Crippen LogP contribution in [0.5, 0.6) is 0 Å². The van der Waals surface area contributed by atoms with Crippen molar-refractivity contribution in [3.05, 3.63) is 16.4 Å². The van der Waals surface area contributed by atoms with Gasteiger partial charge in [0.1, 0.15) is 0 Å². The van der Waals surface area contributed by atoms with Crippen molar-refractivity contribution in [2.24, 2.45) is 5.73 Å². The first-order valence-corrected chi connectivity index (χ1v) is 2.51. The number of rotatable bonds is 1. The predicted molar refractivity (Wildman–Crippen MR) is 37.0 cm³/mol. The van der Waals surface area contributed by atoms with E-state index >= 15 is 0 Å². The molecule has 1 atom stereocenters. The van der Waals surface area contributed by atoms with Gasteiger partial charge >= 0.3 is 5.76 Å². The van der Waals surface area contributed by atoms with E-state index in [0.717, 1.165) is 0 Å². The largest absolute Gasteiger partial charge is 0.434 e. The minimum Gasteiger partial charge on any atom is -0.391 e. The Morgan fingerprint density at radius 1 is 1.80 bits per heavy atom. The fraction of sp³-hybridized carbons (Fsp3) is 0.500. The van der Waals surface area contributed by atoms with Gasteiger partial charge in [0.15, 0.2) is 0 Å². The predicted octanol–water partition coefficient (Wildman–Crippen LogP) is -0.196. The van der Waals surface area contributed by atoms with Gasteiger partial charge in [0.25, 0.3) is 0 Å². The lowest BCUT2D eigenvalue weighted by Gasteiger charge is -1.91. The molecule has 0 fully saturated rings. The number of nitrogens with zero attached hydrogens (tertiary/aromatic N) is 1. The Hall–Kier alpha value is -0.810. The van der Waals surface area contributed by atoms with Crippen LogP contribution in [0.25, 0.3) is 0 Å². The number of hydrogen-bond donors (Lipinski definition) is 2. The van der Waals surface area contributed by atoms with Crippen LogP contribution in [0.15, 0.2) is 9.21 Å². The summed E-state index contributed by atoms with van der Waals surface area (Å²) in [6.07, 6.45) is 0. The lowest BCUT2D eigenvalue weighted by atomic mass is 10.4. The second kappa shape index (κ2) is 3.38. The summed E-state index contributed by atoms with van der Waals surface area (Å²) in [6.45, 7) is 1.68. The molecule has 5 nitrogen and oxygen atoms in total. The Labute approximate surface area is 63.0 Å². The minimum absolute atomic E-state index is 0. The molecule has 1 aromatic heterocycles. The molecule has 0 aromatic carbocycles. The van der Waals surface area contributed by atoms with E-state index in [1.54, 1.807) is 6.92 Å². The molecular weight excluding hydrogens is 158 g/mol. The highest BCUT2D eigenvalue weighted by Crippen LogP contribution is 1.98. The average molecular weight is 166 g/mol. The van der Waals surface area contributed by atoms with E-state index in [4.69, 9.17) is 5.73 Å². The molecule has 58 valence electrons. The van der Waals surface area contributed by atoms with Gasteiger partial charge in [-0.05, 0) is 6.92 Å². The Balaban J connectivity index is 0.000000810. The zero-order valence-corrected chi connectivity index (χ0v) is 6.14. The topological polar surface area (TPSA) is 84.9 Å². The van der Waals surface area contributed by atoms with Gasteiger partial charge in [-0.15, -0.1) is 17.5 Å². The standard InChI is InChI=1S/C4H7N3O2.ClH/c1-2(5)3-6-7-4(8)9-3;/h2H,5H2,1H3,(H,7,8);1H. The minimum atomic E-state index is -0.567. The highest BCUT2D eigenvalue weighted by atomic mass is 35.5. The smallest absolute Gasteiger partial charge is 0.391 e.